The van der Waals surface area contributed by atoms with E-state index in [1.54, 1.807) is 0 Å². The molecule has 1 rings (SSSR count). The molecule has 0 aromatic heterocycles. The lowest BCUT2D eigenvalue weighted by Crippen LogP contribution is -2.35. The quantitative estimate of drug-likeness (QED) is 0.443. The van der Waals surface area contributed by atoms with Gasteiger partial charge < -0.3 is 24.8 Å². The topological polar surface area (TPSA) is 79.2 Å². The van der Waals surface area contributed by atoms with E-state index in [1.165, 1.54) is 7.11 Å². The van der Waals surface area contributed by atoms with Crippen LogP contribution in [-0.2, 0) is 9.47 Å². The lowest BCUT2D eigenvalue weighted by Gasteiger charge is -2.14. The van der Waals surface area contributed by atoms with Crippen molar-refractivity contribution in [1.29, 1.82) is 0 Å². The first-order valence-corrected chi connectivity index (χ1v) is 3.36. The molecular weight excluding hydrogens is 152 g/mol. The first-order chi connectivity index (χ1) is 5.20. The minimum Gasteiger partial charge on any atom is -0.394 e. The normalized spacial score (nSPS) is 44.7. The second kappa shape index (κ2) is 3.46. The second-order valence-electron chi connectivity index (χ2n) is 2.44. The van der Waals surface area contributed by atoms with E-state index in [4.69, 9.17) is 19.7 Å². The highest BCUT2D eigenvalue weighted by molar-refractivity contribution is 4.86. The molecular formula is C6H12O5. The van der Waals surface area contributed by atoms with Gasteiger partial charge in [-0.25, -0.2) is 0 Å². The van der Waals surface area contributed by atoms with Gasteiger partial charge in [-0.3, -0.25) is 0 Å². The third-order valence-corrected chi connectivity index (χ3v) is 1.76. The van der Waals surface area contributed by atoms with Crippen LogP contribution in [0.5, 0.6) is 0 Å². The maximum atomic E-state index is 9.25. The Morgan fingerprint density at radius 2 is 2.09 bits per heavy atom. The summed E-state index contributed by atoms with van der Waals surface area (Å²) < 4.78 is 9.49. The molecule has 4 atom stereocenters. The Balaban J connectivity index is 2.55. The number of methoxy groups -OCH3 is 1. The number of hydrogen-bond donors (Lipinski definition) is 3. The predicted molar refractivity (Wildman–Crippen MR) is 34.8 cm³/mol. The van der Waals surface area contributed by atoms with Gasteiger partial charge in [-0.2, -0.15) is 0 Å². The van der Waals surface area contributed by atoms with Gasteiger partial charge >= 0.3 is 0 Å². The van der Waals surface area contributed by atoms with Gasteiger partial charge in [-0.1, -0.05) is 0 Å². The fraction of sp³-hybridized carbons (Fsp3) is 1.00. The molecule has 0 aromatic carbocycles. The Labute approximate surface area is 64.2 Å². The number of hydrogen-bond acceptors (Lipinski definition) is 5. The van der Waals surface area contributed by atoms with Crippen molar-refractivity contribution in [3.8, 4) is 0 Å². The number of ether oxygens (including phenoxy) is 2. The molecule has 0 radical (unpaired) electrons. The summed E-state index contributed by atoms with van der Waals surface area (Å²) in [4.78, 5) is 0. The highest BCUT2D eigenvalue weighted by atomic mass is 16.7. The van der Waals surface area contributed by atoms with Gasteiger partial charge in [0.05, 0.1) is 6.61 Å². The van der Waals surface area contributed by atoms with Gasteiger partial charge in [0.2, 0.25) is 0 Å². The summed E-state index contributed by atoms with van der Waals surface area (Å²) in [6, 6.07) is 0. The van der Waals surface area contributed by atoms with Crippen LogP contribution in [0.2, 0.25) is 0 Å². The van der Waals surface area contributed by atoms with Gasteiger partial charge in [-0.05, 0) is 0 Å². The van der Waals surface area contributed by atoms with Crippen LogP contribution in [-0.4, -0.2) is 53.6 Å². The minimum absolute atomic E-state index is 0.321. The van der Waals surface area contributed by atoms with E-state index in [-0.39, 0.29) is 6.61 Å². The van der Waals surface area contributed by atoms with E-state index in [1.807, 2.05) is 0 Å². The van der Waals surface area contributed by atoms with Crippen LogP contribution in [0.4, 0.5) is 0 Å². The summed E-state index contributed by atoms with van der Waals surface area (Å²) in [5.74, 6) is 0. The van der Waals surface area contributed by atoms with Crippen molar-refractivity contribution < 1.29 is 24.8 Å². The largest absolute Gasteiger partial charge is 0.394 e. The van der Waals surface area contributed by atoms with Crippen LogP contribution < -0.4 is 0 Å². The number of aliphatic hydroxyl groups is 3. The van der Waals surface area contributed by atoms with Crippen molar-refractivity contribution >= 4 is 0 Å². The van der Waals surface area contributed by atoms with E-state index < -0.39 is 24.6 Å². The fourth-order valence-corrected chi connectivity index (χ4v) is 1.12. The molecule has 1 aliphatic rings. The molecule has 0 bridgehead atoms. The van der Waals surface area contributed by atoms with E-state index in [0.717, 1.165) is 0 Å². The third kappa shape index (κ3) is 1.52. The van der Waals surface area contributed by atoms with Gasteiger partial charge in [-0.15, -0.1) is 0 Å². The predicted octanol–water partition coefficient (Wildman–Crippen LogP) is -1.93. The van der Waals surface area contributed by atoms with Gasteiger partial charge in [0.1, 0.15) is 18.3 Å². The molecule has 5 heteroatoms. The van der Waals surface area contributed by atoms with Crippen molar-refractivity contribution in [2.45, 2.75) is 24.6 Å². The van der Waals surface area contributed by atoms with Crippen molar-refractivity contribution in [3.63, 3.8) is 0 Å². The average Bonchev–Trinajstić information content (AvgIpc) is 2.26. The summed E-state index contributed by atoms with van der Waals surface area (Å²) in [5, 5.41) is 26.9. The average molecular weight is 164 g/mol. The standard InChI is InChI=1S/C6H12O5/c1-10-5-4(8)3(2-7)11-6(5)9/h3-9H,2H2,1H3/t3-,4?,5?,6-/m1/s1. The van der Waals surface area contributed by atoms with Gasteiger partial charge in [0, 0.05) is 7.11 Å². The lowest BCUT2D eigenvalue weighted by atomic mass is 10.1. The molecule has 0 aromatic rings. The zero-order chi connectivity index (χ0) is 8.43. The molecule has 2 unspecified atom stereocenters. The molecule has 1 saturated heterocycles. The molecule has 11 heavy (non-hydrogen) atoms. The van der Waals surface area contributed by atoms with Crippen molar-refractivity contribution in [2.75, 3.05) is 13.7 Å². The van der Waals surface area contributed by atoms with Crippen LogP contribution in [0, 0.1) is 0 Å². The van der Waals surface area contributed by atoms with Crippen LogP contribution in [0.15, 0.2) is 0 Å². The zero-order valence-electron chi connectivity index (χ0n) is 6.17. The molecule has 1 heterocycles. The molecule has 1 aliphatic heterocycles. The first kappa shape index (κ1) is 8.89. The van der Waals surface area contributed by atoms with Crippen LogP contribution in [0.1, 0.15) is 0 Å². The summed E-state index contributed by atoms with van der Waals surface area (Å²) >= 11 is 0. The SMILES string of the molecule is COC1C(O)[C@@H](CO)O[C@H]1O. The van der Waals surface area contributed by atoms with E-state index in [0.29, 0.717) is 0 Å². The zero-order valence-corrected chi connectivity index (χ0v) is 6.17. The summed E-state index contributed by atoms with van der Waals surface area (Å²) in [7, 11) is 1.36. The molecule has 3 N–H and O–H groups in total. The summed E-state index contributed by atoms with van der Waals surface area (Å²) in [6.45, 7) is -0.321. The number of aliphatic hydroxyl groups excluding tert-OH is 3. The molecule has 0 saturated carbocycles. The van der Waals surface area contributed by atoms with Gasteiger partial charge in [0.25, 0.3) is 0 Å². The van der Waals surface area contributed by atoms with E-state index >= 15 is 0 Å². The summed E-state index contributed by atoms with van der Waals surface area (Å²) in [6.07, 6.45) is -3.60. The summed E-state index contributed by atoms with van der Waals surface area (Å²) in [5.41, 5.74) is 0. The molecule has 1 fully saturated rings. The molecule has 0 amide bonds. The first-order valence-electron chi connectivity index (χ1n) is 3.36. The molecule has 0 spiro atoms. The fourth-order valence-electron chi connectivity index (χ4n) is 1.12. The van der Waals surface area contributed by atoms with E-state index in [9.17, 15) is 5.11 Å². The highest BCUT2D eigenvalue weighted by Gasteiger charge is 2.42. The molecule has 5 nitrogen and oxygen atoms in total. The lowest BCUT2D eigenvalue weighted by molar-refractivity contribution is -0.139. The number of rotatable bonds is 2. The smallest absolute Gasteiger partial charge is 0.184 e. The minimum atomic E-state index is -1.15. The molecule has 66 valence electrons. The Morgan fingerprint density at radius 3 is 2.36 bits per heavy atom. The van der Waals surface area contributed by atoms with Gasteiger partial charge in [0.15, 0.2) is 6.29 Å². The Morgan fingerprint density at radius 1 is 1.45 bits per heavy atom. The van der Waals surface area contributed by atoms with Crippen molar-refractivity contribution in [2.24, 2.45) is 0 Å². The highest BCUT2D eigenvalue weighted by Crippen LogP contribution is 2.21. The Kier molecular flexibility index (Phi) is 2.80. The second-order valence-corrected chi connectivity index (χ2v) is 2.44. The van der Waals surface area contributed by atoms with Crippen LogP contribution in [0.25, 0.3) is 0 Å². The Bertz CT molecular complexity index is 128. The Hall–Kier alpha value is -0.200. The van der Waals surface area contributed by atoms with Crippen molar-refractivity contribution in [1.82, 2.24) is 0 Å². The van der Waals surface area contributed by atoms with Crippen molar-refractivity contribution in [3.05, 3.63) is 0 Å². The monoisotopic (exact) mass is 164 g/mol. The molecule has 0 aliphatic carbocycles. The maximum Gasteiger partial charge on any atom is 0.184 e. The van der Waals surface area contributed by atoms with Crippen LogP contribution in [0.3, 0.4) is 0 Å². The van der Waals surface area contributed by atoms with Crippen LogP contribution >= 0.6 is 0 Å². The third-order valence-electron chi connectivity index (χ3n) is 1.76. The maximum absolute atomic E-state index is 9.25. The van der Waals surface area contributed by atoms with E-state index in [2.05, 4.69) is 0 Å².